The highest BCUT2D eigenvalue weighted by Gasteiger charge is 2.21. The number of ketones is 1. The van der Waals surface area contributed by atoms with Crippen molar-refractivity contribution in [3.8, 4) is 0 Å². The fourth-order valence-corrected chi connectivity index (χ4v) is 4.53. The zero-order valence-corrected chi connectivity index (χ0v) is 16.4. The first-order chi connectivity index (χ1) is 13.1. The number of piperidine rings is 1. The SMILES string of the molecule is CC(=O)Cc1ncc(CN2CCCC(Nc3cc(C)nc4ncnn34)C2)s1. The van der Waals surface area contributed by atoms with Crippen molar-refractivity contribution in [1.82, 2.24) is 29.5 Å². The van der Waals surface area contributed by atoms with Gasteiger partial charge < -0.3 is 5.32 Å². The summed E-state index contributed by atoms with van der Waals surface area (Å²) in [6.45, 7) is 6.48. The van der Waals surface area contributed by atoms with Crippen LogP contribution < -0.4 is 5.32 Å². The standard InChI is InChI=1S/C18H23N7OS/c1-12-6-16(25-18(22-12)20-11-21-25)23-14-4-3-5-24(9-14)10-15-8-19-17(27-15)7-13(2)26/h6,8,11,14,23H,3-5,7,9-10H2,1-2H3. The smallest absolute Gasteiger partial charge is 0.254 e. The molecule has 3 aromatic heterocycles. The highest BCUT2D eigenvalue weighted by Crippen LogP contribution is 2.21. The summed E-state index contributed by atoms with van der Waals surface area (Å²) in [6, 6.07) is 2.36. The fraction of sp³-hybridized carbons (Fsp3) is 0.500. The molecular formula is C18H23N7OS. The topological polar surface area (TPSA) is 88.3 Å². The zero-order chi connectivity index (χ0) is 18.8. The predicted octanol–water partition coefficient (Wildman–Crippen LogP) is 2.10. The maximum Gasteiger partial charge on any atom is 0.254 e. The van der Waals surface area contributed by atoms with E-state index in [2.05, 4.69) is 30.3 Å². The third-order valence-corrected chi connectivity index (χ3v) is 5.60. The van der Waals surface area contributed by atoms with Gasteiger partial charge in [-0.05, 0) is 33.2 Å². The lowest BCUT2D eigenvalue weighted by atomic mass is 10.1. The van der Waals surface area contributed by atoms with Gasteiger partial charge in [0.2, 0.25) is 0 Å². The largest absolute Gasteiger partial charge is 0.366 e. The highest BCUT2D eigenvalue weighted by atomic mass is 32.1. The average Bonchev–Trinajstić information content (AvgIpc) is 3.24. The first-order valence-electron chi connectivity index (χ1n) is 9.16. The van der Waals surface area contributed by atoms with Gasteiger partial charge in [0.05, 0.1) is 6.42 Å². The number of fused-ring (bicyclic) bond motifs is 1. The number of likely N-dealkylation sites (tertiary alicyclic amines) is 1. The quantitative estimate of drug-likeness (QED) is 0.695. The van der Waals surface area contributed by atoms with Gasteiger partial charge in [0.1, 0.15) is 22.9 Å². The van der Waals surface area contributed by atoms with Crippen LogP contribution in [0.4, 0.5) is 5.82 Å². The zero-order valence-electron chi connectivity index (χ0n) is 15.6. The van der Waals surface area contributed by atoms with Crippen LogP contribution in [-0.4, -0.2) is 54.4 Å². The maximum atomic E-state index is 11.3. The second kappa shape index (κ2) is 7.69. The Morgan fingerprint density at radius 1 is 1.41 bits per heavy atom. The summed E-state index contributed by atoms with van der Waals surface area (Å²) >= 11 is 1.64. The van der Waals surface area contributed by atoms with Crippen molar-refractivity contribution >= 4 is 28.7 Å². The number of anilines is 1. The Hall–Kier alpha value is -2.39. The minimum Gasteiger partial charge on any atom is -0.366 e. The Balaban J connectivity index is 1.41. The molecule has 8 nitrogen and oxygen atoms in total. The second-order valence-electron chi connectivity index (χ2n) is 7.07. The minimum absolute atomic E-state index is 0.158. The number of carbonyl (C=O) groups excluding carboxylic acids is 1. The van der Waals surface area contributed by atoms with Gasteiger partial charge in [-0.3, -0.25) is 9.69 Å². The third-order valence-electron chi connectivity index (χ3n) is 4.62. The van der Waals surface area contributed by atoms with Gasteiger partial charge >= 0.3 is 0 Å². The van der Waals surface area contributed by atoms with E-state index in [4.69, 9.17) is 0 Å². The lowest BCUT2D eigenvalue weighted by Crippen LogP contribution is -2.41. The fourth-order valence-electron chi connectivity index (χ4n) is 3.50. The molecule has 4 rings (SSSR count). The van der Waals surface area contributed by atoms with Crippen LogP contribution in [-0.2, 0) is 17.8 Å². The number of aromatic nitrogens is 5. The molecule has 1 aliphatic heterocycles. The lowest BCUT2D eigenvalue weighted by molar-refractivity contribution is -0.116. The van der Waals surface area contributed by atoms with E-state index in [1.54, 1.807) is 22.8 Å². The van der Waals surface area contributed by atoms with E-state index >= 15 is 0 Å². The monoisotopic (exact) mass is 385 g/mol. The molecule has 0 radical (unpaired) electrons. The molecule has 1 fully saturated rings. The van der Waals surface area contributed by atoms with Crippen LogP contribution in [0.2, 0.25) is 0 Å². The first kappa shape index (κ1) is 18.0. The molecule has 9 heteroatoms. The summed E-state index contributed by atoms with van der Waals surface area (Å²) < 4.78 is 1.75. The third kappa shape index (κ3) is 4.30. The van der Waals surface area contributed by atoms with Crippen molar-refractivity contribution in [2.24, 2.45) is 0 Å². The Morgan fingerprint density at radius 2 is 2.30 bits per heavy atom. The van der Waals surface area contributed by atoms with Crippen LogP contribution in [0.25, 0.3) is 5.78 Å². The van der Waals surface area contributed by atoms with Gasteiger partial charge in [-0.1, -0.05) is 0 Å². The van der Waals surface area contributed by atoms with E-state index in [0.29, 0.717) is 18.2 Å². The summed E-state index contributed by atoms with van der Waals surface area (Å²) in [5.41, 5.74) is 0.924. The lowest BCUT2D eigenvalue weighted by Gasteiger charge is -2.33. The van der Waals surface area contributed by atoms with Crippen LogP contribution in [0, 0.1) is 6.92 Å². The number of nitrogens with zero attached hydrogens (tertiary/aromatic N) is 6. The molecule has 0 aromatic carbocycles. The Bertz CT molecular complexity index is 950. The molecule has 0 saturated carbocycles. The van der Waals surface area contributed by atoms with Crippen molar-refractivity contribution in [2.75, 3.05) is 18.4 Å². The Morgan fingerprint density at radius 3 is 3.15 bits per heavy atom. The number of rotatable bonds is 6. The van der Waals surface area contributed by atoms with Crippen LogP contribution in [0.5, 0.6) is 0 Å². The number of hydrogen-bond acceptors (Lipinski definition) is 8. The number of hydrogen-bond donors (Lipinski definition) is 1. The van der Waals surface area contributed by atoms with Crippen LogP contribution in [0.3, 0.4) is 0 Å². The molecule has 1 N–H and O–H groups in total. The van der Waals surface area contributed by atoms with Gasteiger partial charge in [0, 0.05) is 42.0 Å². The van der Waals surface area contributed by atoms with Gasteiger partial charge in [-0.15, -0.1) is 11.3 Å². The Labute approximate surface area is 161 Å². The van der Waals surface area contributed by atoms with E-state index in [-0.39, 0.29) is 5.78 Å². The summed E-state index contributed by atoms with van der Waals surface area (Å²) in [5.74, 6) is 1.71. The summed E-state index contributed by atoms with van der Waals surface area (Å²) in [6.07, 6.45) is 6.13. The molecule has 1 atom stereocenters. The number of aryl methyl sites for hydroxylation is 1. The van der Waals surface area contributed by atoms with Gasteiger partial charge in [0.25, 0.3) is 5.78 Å². The van der Waals surface area contributed by atoms with Crippen molar-refractivity contribution in [1.29, 1.82) is 0 Å². The second-order valence-corrected chi connectivity index (χ2v) is 8.27. The minimum atomic E-state index is 0.158. The molecule has 4 heterocycles. The van der Waals surface area contributed by atoms with Gasteiger partial charge in [-0.25, -0.2) is 9.97 Å². The molecule has 1 saturated heterocycles. The number of nitrogens with one attached hydrogen (secondary N) is 1. The first-order valence-corrected chi connectivity index (χ1v) is 9.98. The summed E-state index contributed by atoms with van der Waals surface area (Å²) in [7, 11) is 0. The highest BCUT2D eigenvalue weighted by molar-refractivity contribution is 7.11. The van der Waals surface area contributed by atoms with Gasteiger partial charge in [-0.2, -0.15) is 14.6 Å². The van der Waals surface area contributed by atoms with Crippen molar-refractivity contribution in [3.63, 3.8) is 0 Å². The van der Waals surface area contributed by atoms with E-state index in [1.165, 1.54) is 11.2 Å². The Kier molecular flexibility index (Phi) is 5.13. The average molecular weight is 385 g/mol. The van der Waals surface area contributed by atoms with Crippen molar-refractivity contribution in [2.45, 2.75) is 45.7 Å². The number of Topliss-reactive ketones (excluding diaryl/α,β-unsaturated/α-hetero) is 1. The van der Waals surface area contributed by atoms with E-state index in [0.717, 1.165) is 49.0 Å². The molecule has 0 spiro atoms. The molecular weight excluding hydrogens is 362 g/mol. The predicted molar refractivity (Wildman–Crippen MR) is 104 cm³/mol. The number of thiazole rings is 1. The van der Waals surface area contributed by atoms with E-state index in [9.17, 15) is 4.79 Å². The maximum absolute atomic E-state index is 11.3. The molecule has 3 aromatic rings. The van der Waals surface area contributed by atoms with Crippen LogP contribution >= 0.6 is 11.3 Å². The van der Waals surface area contributed by atoms with E-state index < -0.39 is 0 Å². The number of carbonyl (C=O) groups is 1. The summed E-state index contributed by atoms with van der Waals surface area (Å²) in [4.78, 5) is 27.9. The normalized spacial score (nSPS) is 18.1. The molecule has 0 aliphatic carbocycles. The molecule has 27 heavy (non-hydrogen) atoms. The molecule has 142 valence electrons. The van der Waals surface area contributed by atoms with Gasteiger partial charge in [0.15, 0.2) is 0 Å². The molecule has 1 aliphatic rings. The van der Waals surface area contributed by atoms with Crippen LogP contribution in [0.15, 0.2) is 18.6 Å². The molecule has 0 bridgehead atoms. The van der Waals surface area contributed by atoms with E-state index in [1.807, 2.05) is 19.2 Å². The van der Waals surface area contributed by atoms with Crippen LogP contribution in [0.1, 0.15) is 35.3 Å². The summed E-state index contributed by atoms with van der Waals surface area (Å²) in [5, 5.41) is 8.80. The molecule has 0 amide bonds. The molecule has 1 unspecified atom stereocenters. The van der Waals surface area contributed by atoms with Crippen molar-refractivity contribution in [3.05, 3.63) is 34.2 Å². The van der Waals surface area contributed by atoms with Crippen molar-refractivity contribution < 1.29 is 4.79 Å².